The van der Waals surface area contributed by atoms with E-state index >= 15 is 0 Å². The Hall–Kier alpha value is -1.06. The van der Waals surface area contributed by atoms with Gasteiger partial charge in [0, 0.05) is 29.1 Å². The molecule has 4 nitrogen and oxygen atoms in total. The Morgan fingerprint density at radius 3 is 2.73 bits per heavy atom. The molecule has 0 amide bonds. The number of hydrogen-bond donors (Lipinski definition) is 2. The summed E-state index contributed by atoms with van der Waals surface area (Å²) in [5.74, 6) is 0.0277. The van der Waals surface area contributed by atoms with E-state index in [1.54, 1.807) is 6.07 Å². The Labute approximate surface area is 87.2 Å². The van der Waals surface area contributed by atoms with Gasteiger partial charge in [-0.2, -0.15) is 0 Å². The molecule has 3 N–H and O–H groups in total. The van der Waals surface area contributed by atoms with Crippen molar-refractivity contribution in [3.63, 3.8) is 0 Å². The molecule has 0 aliphatic carbocycles. The van der Waals surface area contributed by atoms with Gasteiger partial charge < -0.3 is 10.6 Å². The lowest BCUT2D eigenvalue weighted by Gasteiger charge is -2.08. The molecular weight excluding hydrogens is 220 g/mol. The van der Waals surface area contributed by atoms with Crippen LogP contribution in [0.25, 0.3) is 0 Å². The maximum Gasteiger partial charge on any atom is 0.198 e. The Balaban J connectivity index is 2.74. The van der Waals surface area contributed by atoms with Gasteiger partial charge in [-0.3, -0.25) is 9.51 Å². The molecule has 0 fully saturated rings. The number of nitrogen functional groups attached to an aromatic ring is 1. The zero-order valence-electron chi connectivity index (χ0n) is 8.31. The van der Waals surface area contributed by atoms with Crippen LogP contribution in [0.3, 0.4) is 0 Å². The fourth-order valence-electron chi connectivity index (χ4n) is 1.18. The van der Waals surface area contributed by atoms with E-state index in [2.05, 4.69) is 4.94 Å². The number of anilines is 1. The number of aryl methyl sites for hydroxylation is 1. The molecule has 15 heavy (non-hydrogen) atoms. The lowest BCUT2D eigenvalue weighted by atomic mass is 10.1. The Bertz CT molecular complexity index is 391. The smallest absolute Gasteiger partial charge is 0.198 e. The van der Waals surface area contributed by atoms with Gasteiger partial charge in [0.05, 0.1) is 0 Å². The van der Waals surface area contributed by atoms with Gasteiger partial charge in [-0.05, 0) is 18.1 Å². The van der Waals surface area contributed by atoms with E-state index in [-0.39, 0.29) is 11.9 Å². The fourth-order valence-corrected chi connectivity index (χ4v) is 1.83. The lowest BCUT2D eigenvalue weighted by molar-refractivity contribution is -0.00614. The van der Waals surface area contributed by atoms with Crippen molar-refractivity contribution < 1.29 is 18.9 Å². The SMILES string of the molecule is CP(=O)(O)CCc1ccc(OF)cc1N. The van der Waals surface area contributed by atoms with E-state index in [1.807, 2.05) is 0 Å². The van der Waals surface area contributed by atoms with Crippen LogP contribution in [0.5, 0.6) is 5.75 Å². The minimum absolute atomic E-state index is 0.0277. The van der Waals surface area contributed by atoms with E-state index in [1.165, 1.54) is 18.8 Å². The summed E-state index contributed by atoms with van der Waals surface area (Å²) in [6, 6.07) is 4.34. The number of nitrogens with two attached hydrogens (primary N) is 1. The van der Waals surface area contributed by atoms with Crippen LogP contribution in [0.2, 0.25) is 0 Å². The van der Waals surface area contributed by atoms with Gasteiger partial charge in [0.1, 0.15) is 0 Å². The van der Waals surface area contributed by atoms with Crippen molar-refractivity contribution in [2.45, 2.75) is 6.42 Å². The molecule has 1 aromatic carbocycles. The molecule has 1 unspecified atom stereocenters. The topological polar surface area (TPSA) is 72.5 Å². The summed E-state index contributed by atoms with van der Waals surface area (Å²) in [4.78, 5) is 12.6. The molecule has 84 valence electrons. The van der Waals surface area contributed by atoms with Gasteiger partial charge in [-0.1, -0.05) is 6.07 Å². The molecular formula is C9H13FNO3P. The molecule has 0 spiro atoms. The third-order valence-corrected chi connectivity index (χ3v) is 3.06. The minimum atomic E-state index is -3.03. The van der Waals surface area contributed by atoms with Crippen molar-refractivity contribution in [2.24, 2.45) is 0 Å². The van der Waals surface area contributed by atoms with Crippen molar-refractivity contribution >= 4 is 13.1 Å². The quantitative estimate of drug-likeness (QED) is 0.616. The Morgan fingerprint density at radius 1 is 1.60 bits per heavy atom. The Morgan fingerprint density at radius 2 is 2.27 bits per heavy atom. The normalized spacial score (nSPS) is 14.6. The first-order chi connectivity index (χ1) is 6.92. The number of hydrogen-bond acceptors (Lipinski definition) is 3. The molecule has 0 aromatic heterocycles. The van der Waals surface area contributed by atoms with Crippen LogP contribution in [-0.4, -0.2) is 17.7 Å². The summed E-state index contributed by atoms with van der Waals surface area (Å²) in [6.07, 6.45) is 0.551. The molecule has 0 aliphatic heterocycles. The molecule has 0 bridgehead atoms. The minimum Gasteiger partial charge on any atom is -0.398 e. The van der Waals surface area contributed by atoms with Crippen LogP contribution in [0.15, 0.2) is 18.2 Å². The summed E-state index contributed by atoms with van der Waals surface area (Å²) < 4.78 is 22.8. The summed E-state index contributed by atoms with van der Waals surface area (Å²) in [5.41, 5.74) is 6.68. The first kappa shape index (κ1) is 12.0. The van der Waals surface area contributed by atoms with Gasteiger partial charge in [0.15, 0.2) is 13.1 Å². The molecule has 1 atom stereocenters. The summed E-state index contributed by atoms with van der Waals surface area (Å²) >= 11 is 0. The largest absolute Gasteiger partial charge is 0.398 e. The highest BCUT2D eigenvalue weighted by Gasteiger charge is 2.11. The molecule has 0 aliphatic rings. The van der Waals surface area contributed by atoms with E-state index in [0.717, 1.165) is 0 Å². The summed E-state index contributed by atoms with van der Waals surface area (Å²) in [6.45, 7) is 1.29. The fraction of sp³-hybridized carbons (Fsp3) is 0.333. The van der Waals surface area contributed by atoms with Gasteiger partial charge in [-0.15, -0.1) is 0 Å². The van der Waals surface area contributed by atoms with Gasteiger partial charge >= 0.3 is 0 Å². The first-order valence-electron chi connectivity index (χ1n) is 4.38. The predicted octanol–water partition coefficient (Wildman–Crippen LogP) is 1.97. The number of rotatable bonds is 4. The molecule has 0 heterocycles. The summed E-state index contributed by atoms with van der Waals surface area (Å²) in [5, 5.41) is 0. The van der Waals surface area contributed by atoms with E-state index in [4.69, 9.17) is 10.6 Å². The molecule has 0 saturated carbocycles. The van der Waals surface area contributed by atoms with Gasteiger partial charge in [-0.25, -0.2) is 0 Å². The van der Waals surface area contributed by atoms with Crippen molar-refractivity contribution in [3.8, 4) is 5.75 Å². The third-order valence-electron chi connectivity index (χ3n) is 2.00. The van der Waals surface area contributed by atoms with Crippen LogP contribution in [0.4, 0.5) is 10.2 Å². The summed E-state index contributed by atoms with van der Waals surface area (Å²) in [7, 11) is -3.03. The maximum absolute atomic E-state index is 11.8. The average molecular weight is 233 g/mol. The van der Waals surface area contributed by atoms with Crippen molar-refractivity contribution in [1.29, 1.82) is 0 Å². The maximum atomic E-state index is 11.8. The highest BCUT2D eigenvalue weighted by Crippen LogP contribution is 2.36. The van der Waals surface area contributed by atoms with Crippen LogP contribution in [-0.2, 0) is 11.0 Å². The van der Waals surface area contributed by atoms with Crippen molar-refractivity contribution in [2.75, 3.05) is 18.6 Å². The monoisotopic (exact) mass is 233 g/mol. The van der Waals surface area contributed by atoms with Crippen molar-refractivity contribution in [1.82, 2.24) is 0 Å². The zero-order valence-corrected chi connectivity index (χ0v) is 9.21. The molecule has 1 aromatic rings. The van der Waals surface area contributed by atoms with Crippen LogP contribution >= 0.6 is 7.37 Å². The molecule has 0 saturated heterocycles. The predicted molar refractivity (Wildman–Crippen MR) is 56.9 cm³/mol. The van der Waals surface area contributed by atoms with Crippen LogP contribution in [0, 0.1) is 0 Å². The highest BCUT2D eigenvalue weighted by atomic mass is 31.2. The number of benzene rings is 1. The Kier molecular flexibility index (Phi) is 3.72. The van der Waals surface area contributed by atoms with E-state index in [0.29, 0.717) is 17.7 Å². The van der Waals surface area contributed by atoms with Crippen LogP contribution in [0.1, 0.15) is 5.56 Å². The van der Waals surface area contributed by atoms with Crippen molar-refractivity contribution in [3.05, 3.63) is 23.8 Å². The van der Waals surface area contributed by atoms with Crippen LogP contribution < -0.4 is 10.7 Å². The van der Waals surface area contributed by atoms with E-state index in [9.17, 15) is 9.09 Å². The van der Waals surface area contributed by atoms with Gasteiger partial charge in [0.2, 0.25) is 0 Å². The highest BCUT2D eigenvalue weighted by molar-refractivity contribution is 7.57. The lowest BCUT2D eigenvalue weighted by Crippen LogP contribution is -1.98. The number of halogens is 1. The molecule has 0 radical (unpaired) electrons. The first-order valence-corrected chi connectivity index (χ1v) is 6.68. The second kappa shape index (κ2) is 4.64. The van der Waals surface area contributed by atoms with Gasteiger partial charge in [0.25, 0.3) is 0 Å². The second-order valence-corrected chi connectivity index (χ2v) is 6.01. The molecule has 6 heteroatoms. The molecule has 1 rings (SSSR count). The second-order valence-electron chi connectivity index (χ2n) is 3.46. The average Bonchev–Trinajstić information content (AvgIpc) is 2.14. The third kappa shape index (κ3) is 3.90. The standard InChI is InChI=1S/C9H13FNO3P/c1-15(12,13)5-4-7-2-3-8(14-10)6-9(7)11/h2-3,6H,4-5,11H2,1H3,(H,12,13). The zero-order chi connectivity index (χ0) is 11.5. The van der Waals surface area contributed by atoms with E-state index < -0.39 is 7.37 Å².